The topological polar surface area (TPSA) is 40.5 Å². The van der Waals surface area contributed by atoms with Gasteiger partial charge in [-0.15, -0.1) is 68.0 Å². The highest BCUT2D eigenvalue weighted by molar-refractivity contribution is 7.29. The Kier molecular flexibility index (Phi) is 14.5. The molecule has 0 bridgehead atoms. The molecule has 0 saturated carbocycles. The van der Waals surface area contributed by atoms with E-state index in [1.807, 2.05) is 40.1 Å². The summed E-state index contributed by atoms with van der Waals surface area (Å²) in [4.78, 5) is 28.0. The van der Waals surface area contributed by atoms with Crippen molar-refractivity contribution in [3.8, 4) is 60.6 Å². The highest BCUT2D eigenvalue weighted by Crippen LogP contribution is 2.45. The molecule has 0 radical (unpaired) electrons. The number of benzene rings is 3. The summed E-state index contributed by atoms with van der Waals surface area (Å²) in [7, 11) is 0. The van der Waals surface area contributed by atoms with Crippen LogP contribution in [-0.2, 0) is 12.8 Å². The number of thiophene rings is 6. The monoisotopic (exact) mass is 949 g/mol. The molecule has 64 heavy (non-hydrogen) atoms. The van der Waals surface area contributed by atoms with Crippen LogP contribution in [-0.4, -0.2) is 11.1 Å². The number of rotatable bonds is 20. The third-order valence-corrected chi connectivity index (χ3v) is 18.8. The van der Waals surface area contributed by atoms with E-state index in [0.717, 1.165) is 26.8 Å². The van der Waals surface area contributed by atoms with Crippen molar-refractivity contribution >= 4 is 91.1 Å². The summed E-state index contributed by atoms with van der Waals surface area (Å²) in [6.07, 6.45) is 12.7. The Morgan fingerprint density at radius 3 is 1.08 bits per heavy atom. The van der Waals surface area contributed by atoms with Gasteiger partial charge in [-0.05, 0) is 152 Å². The Balaban J connectivity index is 0.942. The molecule has 6 aromatic heterocycles. The first-order chi connectivity index (χ1) is 31.4. The predicted octanol–water partition coefficient (Wildman–Crippen LogP) is 19.5. The normalized spacial score (nSPS) is 11.4. The van der Waals surface area contributed by atoms with Crippen LogP contribution in [0.25, 0.3) is 60.6 Å². The van der Waals surface area contributed by atoms with Crippen LogP contribution in [0, 0.1) is 0 Å². The maximum atomic E-state index is 11.4. The minimum absolute atomic E-state index is 0.367. The molecule has 0 aliphatic heterocycles. The summed E-state index contributed by atoms with van der Waals surface area (Å²) in [6, 6.07) is 53.3. The van der Waals surface area contributed by atoms with Gasteiger partial charge in [-0.25, -0.2) is 4.79 Å². The van der Waals surface area contributed by atoms with Gasteiger partial charge >= 0.3 is 5.97 Å². The Morgan fingerprint density at radius 2 is 0.703 bits per heavy atom. The smallest absolute Gasteiger partial charge is 0.345 e. The van der Waals surface area contributed by atoms with Crippen molar-refractivity contribution in [2.45, 2.75) is 78.1 Å². The van der Waals surface area contributed by atoms with Gasteiger partial charge in [-0.2, -0.15) is 0 Å². The maximum absolute atomic E-state index is 11.4. The zero-order valence-corrected chi connectivity index (χ0v) is 41.1. The molecule has 0 aliphatic carbocycles. The lowest BCUT2D eigenvalue weighted by atomic mass is 10.1. The van der Waals surface area contributed by atoms with Crippen molar-refractivity contribution in [1.29, 1.82) is 0 Å². The number of hydrogen-bond acceptors (Lipinski definition) is 8. The molecule has 3 nitrogen and oxygen atoms in total. The largest absolute Gasteiger partial charge is 0.477 e. The summed E-state index contributed by atoms with van der Waals surface area (Å²) in [6.45, 7) is 4.55. The molecule has 0 amide bonds. The molecule has 9 rings (SSSR count). The van der Waals surface area contributed by atoms with Gasteiger partial charge in [-0.3, -0.25) is 0 Å². The molecule has 0 fully saturated rings. The highest BCUT2D eigenvalue weighted by Gasteiger charge is 2.17. The molecule has 0 atom stereocenters. The molecule has 1 N–H and O–H groups in total. The van der Waals surface area contributed by atoms with Gasteiger partial charge in [0.1, 0.15) is 4.88 Å². The van der Waals surface area contributed by atoms with Crippen molar-refractivity contribution in [3.05, 3.63) is 160 Å². The van der Waals surface area contributed by atoms with Crippen molar-refractivity contribution in [2.75, 3.05) is 4.90 Å². The van der Waals surface area contributed by atoms with Crippen LogP contribution in [0.5, 0.6) is 0 Å². The standard InChI is InChI=1S/C55H51NO2S6/c1-3-5-7-9-11-43-25-27-45(59-43)37-13-19-40(20-14-37)56(41-21-15-38(16-22-41)46-28-26-44(60-46)12-10-8-6-4-2)42-23-17-39(18-24-42)47-29-30-48(61-47)49-31-32-50(62-49)51-33-34-52(63-51)53-35-36-54(64-53)55(57)58/h13-36H,3-12H2,1-2H3,(H,57,58). The van der Waals surface area contributed by atoms with Crippen LogP contribution < -0.4 is 4.90 Å². The predicted molar refractivity (Wildman–Crippen MR) is 284 cm³/mol. The number of anilines is 3. The summed E-state index contributed by atoms with van der Waals surface area (Å²) in [5.41, 5.74) is 7.13. The second-order valence-electron chi connectivity index (χ2n) is 16.1. The maximum Gasteiger partial charge on any atom is 0.345 e. The van der Waals surface area contributed by atoms with E-state index < -0.39 is 5.97 Å². The van der Waals surface area contributed by atoms with E-state index in [1.165, 1.54) is 136 Å². The number of hydrogen-bond donors (Lipinski definition) is 1. The minimum Gasteiger partial charge on any atom is -0.477 e. The lowest BCUT2D eigenvalue weighted by Crippen LogP contribution is -2.09. The third kappa shape index (κ3) is 10.5. The number of carbonyl (C=O) groups is 1. The van der Waals surface area contributed by atoms with Gasteiger partial charge in [0.2, 0.25) is 0 Å². The third-order valence-electron chi connectivity index (χ3n) is 11.5. The molecular weight excluding hydrogens is 899 g/mol. The van der Waals surface area contributed by atoms with Gasteiger partial charge < -0.3 is 10.0 Å². The Morgan fingerprint density at radius 1 is 0.375 bits per heavy atom. The van der Waals surface area contributed by atoms with Crippen LogP contribution in [0.3, 0.4) is 0 Å². The van der Waals surface area contributed by atoms with Crippen LogP contribution in [0.15, 0.2) is 146 Å². The van der Waals surface area contributed by atoms with Crippen LogP contribution in [0.2, 0.25) is 0 Å². The average molecular weight is 950 g/mol. The molecule has 6 heterocycles. The molecule has 0 unspecified atom stereocenters. The number of carboxylic acid groups (broad SMARTS) is 1. The first-order valence-corrected chi connectivity index (χ1v) is 27.2. The van der Waals surface area contributed by atoms with Crippen LogP contribution >= 0.6 is 68.0 Å². The molecular formula is C55H51NO2S6. The summed E-state index contributed by atoms with van der Waals surface area (Å²) in [5.74, 6) is -0.876. The number of carboxylic acids is 1. The average Bonchev–Trinajstić information content (AvgIpc) is 4.18. The Hall–Kier alpha value is -4.87. The fourth-order valence-corrected chi connectivity index (χ4v) is 14.2. The number of nitrogens with zero attached hydrogens (tertiary/aromatic N) is 1. The van der Waals surface area contributed by atoms with Crippen molar-refractivity contribution < 1.29 is 9.90 Å². The first-order valence-electron chi connectivity index (χ1n) is 22.3. The second-order valence-corrected chi connectivity index (χ2v) is 22.8. The van der Waals surface area contributed by atoms with Gasteiger partial charge in [0, 0.05) is 70.7 Å². The molecule has 9 heteroatoms. The van der Waals surface area contributed by atoms with E-state index in [-0.39, 0.29) is 0 Å². The van der Waals surface area contributed by atoms with Gasteiger partial charge in [0.25, 0.3) is 0 Å². The quantitative estimate of drug-likeness (QED) is 0.0774. The lowest BCUT2D eigenvalue weighted by molar-refractivity contribution is 0.0702. The molecule has 9 aromatic rings. The van der Waals surface area contributed by atoms with Gasteiger partial charge in [0.05, 0.1) is 0 Å². The summed E-state index contributed by atoms with van der Waals surface area (Å²) < 4.78 is 0. The first kappa shape index (κ1) is 44.3. The molecule has 0 spiro atoms. The van der Waals surface area contributed by atoms with E-state index in [1.54, 1.807) is 28.7 Å². The number of aromatic carboxylic acids is 1. The number of aryl methyl sites for hydroxylation is 2. The molecule has 324 valence electrons. The summed E-state index contributed by atoms with van der Waals surface area (Å²) in [5, 5.41) is 9.38. The fourth-order valence-electron chi connectivity index (χ4n) is 7.97. The highest BCUT2D eigenvalue weighted by atomic mass is 32.1. The van der Waals surface area contributed by atoms with Crippen molar-refractivity contribution in [1.82, 2.24) is 0 Å². The molecule has 0 aliphatic rings. The van der Waals surface area contributed by atoms with E-state index in [4.69, 9.17) is 0 Å². The van der Waals surface area contributed by atoms with Crippen LogP contribution in [0.1, 0.15) is 84.6 Å². The fraction of sp³-hybridized carbons (Fsp3) is 0.218. The van der Waals surface area contributed by atoms with E-state index >= 15 is 0 Å². The van der Waals surface area contributed by atoms with Gasteiger partial charge in [-0.1, -0.05) is 88.8 Å². The number of unbranched alkanes of at least 4 members (excludes halogenated alkanes) is 6. The van der Waals surface area contributed by atoms with E-state index in [0.29, 0.717) is 4.88 Å². The Bertz CT molecular complexity index is 2810. The van der Waals surface area contributed by atoms with Gasteiger partial charge in [0.15, 0.2) is 0 Å². The SMILES string of the molecule is CCCCCCc1ccc(-c2ccc(N(c3ccc(-c4ccc(CCCCCC)s4)cc3)c3ccc(-c4ccc(-c5ccc(-c6ccc(-c7ccc(C(=O)O)s7)s6)s5)s4)cc3)cc2)s1. The van der Waals surface area contributed by atoms with Crippen LogP contribution in [0.4, 0.5) is 17.1 Å². The lowest BCUT2D eigenvalue weighted by Gasteiger charge is -2.26. The zero-order valence-electron chi connectivity index (χ0n) is 36.2. The second kappa shape index (κ2) is 21.0. The van der Waals surface area contributed by atoms with E-state index in [2.05, 4.69) is 152 Å². The zero-order chi connectivity index (χ0) is 43.8. The molecule has 0 saturated heterocycles. The minimum atomic E-state index is -0.876. The van der Waals surface area contributed by atoms with E-state index in [9.17, 15) is 9.90 Å². The summed E-state index contributed by atoms with van der Waals surface area (Å²) >= 11 is 10.5. The Labute approximate surface area is 401 Å². The molecule has 3 aromatic carbocycles. The van der Waals surface area contributed by atoms with Crippen molar-refractivity contribution in [2.24, 2.45) is 0 Å². The van der Waals surface area contributed by atoms with Crippen molar-refractivity contribution in [3.63, 3.8) is 0 Å².